The van der Waals surface area contributed by atoms with Gasteiger partial charge < -0.3 is 14.2 Å². The zero-order valence-corrected chi connectivity index (χ0v) is 20.8. The third-order valence-corrected chi connectivity index (χ3v) is 4.31. The van der Waals surface area contributed by atoms with Crippen molar-refractivity contribution < 1.29 is 28.6 Å². The highest BCUT2D eigenvalue weighted by atomic mass is 16.6. The average Bonchev–Trinajstić information content (AvgIpc) is 2.61. The highest BCUT2D eigenvalue weighted by Crippen LogP contribution is 2.23. The summed E-state index contributed by atoms with van der Waals surface area (Å²) < 4.78 is 15.6. The van der Waals surface area contributed by atoms with E-state index in [0.717, 1.165) is 37.0 Å². The molecule has 0 aromatic carbocycles. The average molecular weight is 442 g/mol. The number of rotatable bonds is 11. The Morgan fingerprint density at radius 2 is 1.35 bits per heavy atom. The second-order valence-corrected chi connectivity index (χ2v) is 9.69. The van der Waals surface area contributed by atoms with Crippen molar-refractivity contribution in [3.05, 3.63) is 12.2 Å². The van der Waals surface area contributed by atoms with Gasteiger partial charge in [-0.1, -0.05) is 45.1 Å². The van der Waals surface area contributed by atoms with E-state index in [0.29, 0.717) is 19.3 Å². The fourth-order valence-corrected chi connectivity index (χ4v) is 2.92. The summed E-state index contributed by atoms with van der Waals surface area (Å²) in [6, 6.07) is -0.395. The number of methoxy groups -OCH3 is 1. The Bertz CT molecular complexity index is 558. The molecule has 0 aliphatic rings. The molecule has 0 spiro atoms. The van der Waals surface area contributed by atoms with Gasteiger partial charge >= 0.3 is 18.2 Å². The highest BCUT2D eigenvalue weighted by Gasteiger charge is 2.36. The van der Waals surface area contributed by atoms with Crippen molar-refractivity contribution >= 4 is 18.2 Å². The first kappa shape index (κ1) is 28.9. The van der Waals surface area contributed by atoms with E-state index in [1.165, 1.54) is 13.2 Å². The van der Waals surface area contributed by atoms with Crippen molar-refractivity contribution in [1.29, 1.82) is 0 Å². The Kier molecular flexibility index (Phi) is 13.2. The van der Waals surface area contributed by atoms with Gasteiger partial charge in [-0.15, -0.1) is 0 Å². The molecule has 0 aromatic heterocycles. The lowest BCUT2D eigenvalue weighted by molar-refractivity contribution is -0.134. The van der Waals surface area contributed by atoms with Crippen LogP contribution in [0.25, 0.3) is 0 Å². The Morgan fingerprint density at radius 1 is 0.839 bits per heavy atom. The van der Waals surface area contributed by atoms with Crippen LogP contribution < -0.4 is 0 Å². The normalized spacial score (nSPS) is 13.0. The standard InChI is InChI=1S/C24H43NO6/c1-9-10-11-12-13-16-19(17-14-15-18-20(26)29-8)25(21(27)30-23(2,3)4)22(28)31-24(5,6)7/h15,18-19H,9-14,16-17H2,1-8H3/b18-15+/t19-/m1/s1. The number of allylic oxidation sites excluding steroid dienone is 1. The predicted octanol–water partition coefficient (Wildman–Crippen LogP) is 6.40. The van der Waals surface area contributed by atoms with Crippen LogP contribution in [0.15, 0.2) is 12.2 Å². The minimum absolute atomic E-state index is 0.395. The number of hydrogen-bond donors (Lipinski definition) is 0. The molecule has 0 saturated carbocycles. The van der Waals surface area contributed by atoms with E-state index >= 15 is 0 Å². The molecule has 31 heavy (non-hydrogen) atoms. The monoisotopic (exact) mass is 441 g/mol. The molecular weight excluding hydrogens is 398 g/mol. The number of carbonyl (C=O) groups excluding carboxylic acids is 3. The van der Waals surface area contributed by atoms with Crippen molar-refractivity contribution in [2.24, 2.45) is 0 Å². The van der Waals surface area contributed by atoms with Crippen molar-refractivity contribution in [2.45, 2.75) is 117 Å². The lowest BCUT2D eigenvalue weighted by atomic mass is 10.0. The maximum Gasteiger partial charge on any atom is 0.420 e. The molecule has 0 N–H and O–H groups in total. The van der Waals surface area contributed by atoms with Gasteiger partial charge in [-0.05, 0) is 60.8 Å². The van der Waals surface area contributed by atoms with E-state index in [1.54, 1.807) is 47.6 Å². The number of imide groups is 1. The van der Waals surface area contributed by atoms with E-state index in [4.69, 9.17) is 9.47 Å². The molecular formula is C24H43NO6. The van der Waals surface area contributed by atoms with Crippen LogP contribution in [0.1, 0.15) is 99.8 Å². The summed E-state index contributed by atoms with van der Waals surface area (Å²) in [6.07, 6.45) is 8.61. The van der Waals surface area contributed by atoms with Gasteiger partial charge in [-0.3, -0.25) is 0 Å². The third-order valence-electron chi connectivity index (χ3n) is 4.31. The molecule has 0 rings (SSSR count). The SMILES string of the molecule is CCCCCCC[C@H](CC/C=C/C(=O)OC)N(C(=O)OC(C)(C)C)C(=O)OC(C)(C)C. The van der Waals surface area contributed by atoms with Gasteiger partial charge in [0.25, 0.3) is 0 Å². The van der Waals surface area contributed by atoms with Crippen LogP contribution in [0.2, 0.25) is 0 Å². The molecule has 1 atom stereocenters. The molecule has 0 unspecified atom stereocenters. The first-order chi connectivity index (χ1) is 14.3. The molecule has 0 aliphatic carbocycles. The van der Waals surface area contributed by atoms with Crippen molar-refractivity contribution in [3.8, 4) is 0 Å². The minimum atomic E-state index is -0.742. The van der Waals surface area contributed by atoms with Gasteiger partial charge in [0.15, 0.2) is 0 Å². The number of nitrogens with zero attached hydrogens (tertiary/aromatic N) is 1. The molecule has 0 bridgehead atoms. The van der Waals surface area contributed by atoms with Gasteiger partial charge in [-0.2, -0.15) is 0 Å². The largest absolute Gasteiger partial charge is 0.466 e. The second-order valence-electron chi connectivity index (χ2n) is 9.69. The molecule has 0 aliphatic heterocycles. The zero-order chi connectivity index (χ0) is 24.1. The summed E-state index contributed by atoms with van der Waals surface area (Å²) >= 11 is 0. The fraction of sp³-hybridized carbons (Fsp3) is 0.792. The van der Waals surface area contributed by atoms with Crippen molar-refractivity contribution in [1.82, 2.24) is 4.90 Å². The Morgan fingerprint density at radius 3 is 1.81 bits per heavy atom. The third kappa shape index (κ3) is 14.6. The van der Waals surface area contributed by atoms with Crippen LogP contribution in [0.3, 0.4) is 0 Å². The van der Waals surface area contributed by atoms with E-state index in [-0.39, 0.29) is 0 Å². The number of amides is 2. The van der Waals surface area contributed by atoms with Gasteiger partial charge in [0.05, 0.1) is 7.11 Å². The summed E-state index contributed by atoms with van der Waals surface area (Å²) in [5.74, 6) is -0.438. The molecule has 0 radical (unpaired) electrons. The molecule has 0 fully saturated rings. The van der Waals surface area contributed by atoms with Crippen LogP contribution in [-0.4, -0.2) is 47.4 Å². The van der Waals surface area contributed by atoms with Crippen molar-refractivity contribution in [2.75, 3.05) is 7.11 Å². The number of unbranched alkanes of at least 4 members (excludes halogenated alkanes) is 4. The van der Waals surface area contributed by atoms with Gasteiger partial charge in [-0.25, -0.2) is 19.3 Å². The predicted molar refractivity (Wildman–Crippen MR) is 122 cm³/mol. The van der Waals surface area contributed by atoms with Crippen molar-refractivity contribution in [3.63, 3.8) is 0 Å². The van der Waals surface area contributed by atoms with Crippen LogP contribution in [0.4, 0.5) is 9.59 Å². The maximum absolute atomic E-state index is 13.0. The minimum Gasteiger partial charge on any atom is -0.466 e. The highest BCUT2D eigenvalue weighted by molar-refractivity contribution is 5.88. The molecule has 7 heteroatoms. The first-order valence-electron chi connectivity index (χ1n) is 11.3. The van der Waals surface area contributed by atoms with E-state index < -0.39 is 35.4 Å². The number of ether oxygens (including phenoxy) is 3. The quantitative estimate of drug-likeness (QED) is 0.160. The Labute approximate surface area is 188 Å². The van der Waals surface area contributed by atoms with Crippen LogP contribution in [-0.2, 0) is 19.0 Å². The summed E-state index contributed by atoms with van der Waals surface area (Å²) in [6.45, 7) is 12.7. The smallest absolute Gasteiger partial charge is 0.420 e. The molecule has 2 amide bonds. The van der Waals surface area contributed by atoms with Crippen LogP contribution >= 0.6 is 0 Å². The van der Waals surface area contributed by atoms with Gasteiger partial charge in [0.1, 0.15) is 11.2 Å². The fourth-order valence-electron chi connectivity index (χ4n) is 2.92. The van der Waals surface area contributed by atoms with E-state index in [9.17, 15) is 14.4 Å². The summed E-state index contributed by atoms with van der Waals surface area (Å²) in [4.78, 5) is 38.4. The lowest BCUT2D eigenvalue weighted by Gasteiger charge is -2.33. The number of carbonyl (C=O) groups is 3. The molecule has 0 saturated heterocycles. The topological polar surface area (TPSA) is 82.1 Å². The van der Waals surface area contributed by atoms with Gasteiger partial charge in [0.2, 0.25) is 0 Å². The first-order valence-corrected chi connectivity index (χ1v) is 11.3. The molecule has 0 heterocycles. The zero-order valence-electron chi connectivity index (χ0n) is 20.8. The molecule has 7 nitrogen and oxygen atoms in total. The number of esters is 1. The summed E-state index contributed by atoms with van der Waals surface area (Å²) in [5.41, 5.74) is -1.48. The molecule has 180 valence electrons. The lowest BCUT2D eigenvalue weighted by Crippen LogP contribution is -2.49. The van der Waals surface area contributed by atoms with E-state index in [2.05, 4.69) is 11.7 Å². The summed E-state index contributed by atoms with van der Waals surface area (Å²) in [7, 11) is 1.32. The van der Waals surface area contributed by atoms with Crippen LogP contribution in [0.5, 0.6) is 0 Å². The maximum atomic E-state index is 13.0. The summed E-state index contributed by atoms with van der Waals surface area (Å²) in [5, 5.41) is 0. The Hall–Kier alpha value is -2.05. The number of hydrogen-bond acceptors (Lipinski definition) is 6. The molecule has 0 aromatic rings. The van der Waals surface area contributed by atoms with E-state index in [1.807, 2.05) is 0 Å². The van der Waals surface area contributed by atoms with Crippen LogP contribution in [0, 0.1) is 0 Å². The van der Waals surface area contributed by atoms with Gasteiger partial charge in [0, 0.05) is 12.1 Å². The second kappa shape index (κ2) is 14.1. The Balaban J connectivity index is 5.56.